The van der Waals surface area contributed by atoms with Gasteiger partial charge in [-0.15, -0.1) is 0 Å². The average Bonchev–Trinajstić information content (AvgIpc) is 2.93. The summed E-state index contributed by atoms with van der Waals surface area (Å²) in [4.78, 5) is 18.0. The van der Waals surface area contributed by atoms with Gasteiger partial charge in [0, 0.05) is 33.7 Å². The van der Waals surface area contributed by atoms with Gasteiger partial charge in [-0.25, -0.2) is 0 Å². The molecule has 138 valence electrons. The lowest BCUT2D eigenvalue weighted by atomic mass is 10.0. The molecule has 0 amide bonds. The zero-order valence-electron chi connectivity index (χ0n) is 14.3. The van der Waals surface area contributed by atoms with Crippen molar-refractivity contribution in [3.8, 4) is 0 Å². The number of benzene rings is 2. The number of rotatable bonds is 5. The molecule has 0 aliphatic carbocycles. The number of hydrogen-bond donors (Lipinski definition) is 2. The van der Waals surface area contributed by atoms with Crippen LogP contribution in [0.4, 0.5) is 8.78 Å². The monoisotopic (exact) mass is 441 g/mol. The molecular weight excluding hydrogens is 423 g/mol. The second-order valence-electron chi connectivity index (χ2n) is 6.53. The van der Waals surface area contributed by atoms with E-state index < -0.39 is 19.6 Å². The summed E-state index contributed by atoms with van der Waals surface area (Å²) in [5, 5.41) is 1.19. The van der Waals surface area contributed by atoms with Gasteiger partial charge in [0.2, 0.25) is 8.38 Å². The molecule has 0 saturated heterocycles. The summed E-state index contributed by atoms with van der Waals surface area (Å²) < 4.78 is 30.1. The Morgan fingerprint density at radius 3 is 2.46 bits per heavy atom. The SMILES string of the molecule is CC(C)c1cn(Cc2ccc(C(F)(F)P(O)O)c(Br)c2)c2ccccc12. The highest BCUT2D eigenvalue weighted by Crippen LogP contribution is 2.54. The molecule has 2 N–H and O–H groups in total. The van der Waals surface area contributed by atoms with Crippen molar-refractivity contribution < 1.29 is 18.6 Å². The topological polar surface area (TPSA) is 45.4 Å². The maximum Gasteiger partial charge on any atom is 0.340 e. The van der Waals surface area contributed by atoms with E-state index in [4.69, 9.17) is 9.79 Å². The number of alkyl halides is 2. The summed E-state index contributed by atoms with van der Waals surface area (Å²) in [6, 6.07) is 12.6. The summed E-state index contributed by atoms with van der Waals surface area (Å²) in [6.45, 7) is 4.81. The second kappa shape index (κ2) is 7.35. The van der Waals surface area contributed by atoms with Gasteiger partial charge in [0.1, 0.15) is 0 Å². The van der Waals surface area contributed by atoms with Crippen LogP contribution >= 0.6 is 24.3 Å². The molecule has 0 spiro atoms. The van der Waals surface area contributed by atoms with Crippen LogP contribution in [0, 0.1) is 0 Å². The van der Waals surface area contributed by atoms with Crippen LogP contribution < -0.4 is 0 Å². The minimum absolute atomic E-state index is 0.163. The number of halogens is 3. The molecule has 26 heavy (non-hydrogen) atoms. The Bertz CT molecular complexity index is 940. The highest BCUT2D eigenvalue weighted by molar-refractivity contribution is 9.10. The minimum Gasteiger partial charge on any atom is -0.346 e. The molecule has 0 atom stereocenters. The third-order valence-corrected chi connectivity index (χ3v) is 5.80. The molecule has 1 aromatic heterocycles. The Morgan fingerprint density at radius 2 is 1.85 bits per heavy atom. The molecule has 0 saturated carbocycles. The van der Waals surface area contributed by atoms with Crippen molar-refractivity contribution in [3.05, 3.63) is 69.8 Å². The van der Waals surface area contributed by atoms with E-state index in [-0.39, 0.29) is 4.47 Å². The maximum absolute atomic E-state index is 13.9. The summed E-state index contributed by atoms with van der Waals surface area (Å²) in [5.41, 5.74) is -0.909. The Balaban J connectivity index is 1.98. The standard InChI is InChI=1S/C19H19BrF2NO2P/c1-12(2)15-11-23(18-6-4-3-5-14(15)18)10-13-7-8-16(17(20)9-13)19(21,22)26(24)25/h3-9,11-12,24-25H,10H2,1-2H3. The van der Waals surface area contributed by atoms with E-state index in [1.807, 2.05) is 18.2 Å². The fourth-order valence-corrected chi connectivity index (χ4v) is 4.31. The molecule has 0 fully saturated rings. The third kappa shape index (κ3) is 3.56. The summed E-state index contributed by atoms with van der Waals surface area (Å²) >= 11 is 3.14. The molecule has 0 aliphatic rings. The Labute approximate surface area is 160 Å². The van der Waals surface area contributed by atoms with E-state index in [9.17, 15) is 8.78 Å². The van der Waals surface area contributed by atoms with E-state index >= 15 is 0 Å². The van der Waals surface area contributed by atoms with Gasteiger partial charge in [-0.05, 0) is 29.2 Å². The largest absolute Gasteiger partial charge is 0.346 e. The fraction of sp³-hybridized carbons (Fsp3) is 0.263. The first kappa shape index (κ1) is 19.4. The molecule has 2 aromatic carbocycles. The molecular formula is C19H19BrF2NO2P. The average molecular weight is 442 g/mol. The smallest absolute Gasteiger partial charge is 0.340 e. The van der Waals surface area contributed by atoms with Gasteiger partial charge in [-0.3, -0.25) is 0 Å². The van der Waals surface area contributed by atoms with Gasteiger partial charge in [0.15, 0.2) is 0 Å². The maximum atomic E-state index is 13.9. The third-order valence-electron chi connectivity index (χ3n) is 4.40. The van der Waals surface area contributed by atoms with E-state index in [0.717, 1.165) is 11.1 Å². The van der Waals surface area contributed by atoms with Crippen molar-refractivity contribution in [3.63, 3.8) is 0 Å². The van der Waals surface area contributed by atoms with Gasteiger partial charge in [0.05, 0.1) is 0 Å². The fourth-order valence-electron chi connectivity index (χ4n) is 3.07. The van der Waals surface area contributed by atoms with Crippen LogP contribution in [0.3, 0.4) is 0 Å². The van der Waals surface area contributed by atoms with E-state index in [0.29, 0.717) is 12.5 Å². The highest BCUT2D eigenvalue weighted by atomic mass is 79.9. The van der Waals surface area contributed by atoms with Crippen molar-refractivity contribution in [2.45, 2.75) is 32.0 Å². The Kier molecular flexibility index (Phi) is 5.50. The summed E-state index contributed by atoms with van der Waals surface area (Å²) in [5.74, 6) is 0.377. The van der Waals surface area contributed by atoms with Gasteiger partial charge in [-0.2, -0.15) is 8.78 Å². The van der Waals surface area contributed by atoms with Crippen LogP contribution in [0.15, 0.2) is 53.1 Å². The molecule has 0 radical (unpaired) electrons. The van der Waals surface area contributed by atoms with Crippen LogP contribution in [0.2, 0.25) is 0 Å². The molecule has 3 rings (SSSR count). The molecule has 0 bridgehead atoms. The van der Waals surface area contributed by atoms with Crippen molar-refractivity contribution in [1.29, 1.82) is 0 Å². The lowest BCUT2D eigenvalue weighted by Crippen LogP contribution is -2.12. The number of hydrogen-bond acceptors (Lipinski definition) is 2. The molecule has 0 aliphatic heterocycles. The minimum atomic E-state index is -3.67. The molecule has 7 heteroatoms. The highest BCUT2D eigenvalue weighted by Gasteiger charge is 2.42. The Morgan fingerprint density at radius 1 is 1.15 bits per heavy atom. The number of fused-ring (bicyclic) bond motifs is 1. The Hall–Kier alpha value is -1.33. The van der Waals surface area contributed by atoms with Crippen molar-refractivity contribution in [1.82, 2.24) is 4.57 Å². The molecule has 0 unspecified atom stereocenters. The van der Waals surface area contributed by atoms with Crippen LogP contribution in [0.5, 0.6) is 0 Å². The number of para-hydroxylation sites is 1. The molecule has 3 aromatic rings. The first-order valence-corrected chi connectivity index (χ1v) is 10.2. The van der Waals surface area contributed by atoms with E-state index in [1.165, 1.54) is 17.0 Å². The summed E-state index contributed by atoms with van der Waals surface area (Å²) in [6.07, 6.45) is 2.10. The quantitative estimate of drug-likeness (QED) is 0.482. The summed E-state index contributed by atoms with van der Waals surface area (Å²) in [7, 11) is -3.39. The second-order valence-corrected chi connectivity index (χ2v) is 8.52. The van der Waals surface area contributed by atoms with E-state index in [2.05, 4.69) is 46.6 Å². The van der Waals surface area contributed by atoms with Crippen LogP contribution in [-0.2, 0) is 12.2 Å². The zero-order chi connectivity index (χ0) is 19.1. The van der Waals surface area contributed by atoms with Gasteiger partial charge >= 0.3 is 5.66 Å². The van der Waals surface area contributed by atoms with E-state index in [1.54, 1.807) is 12.1 Å². The zero-order valence-corrected chi connectivity index (χ0v) is 16.8. The van der Waals surface area contributed by atoms with Crippen molar-refractivity contribution in [2.75, 3.05) is 0 Å². The van der Waals surface area contributed by atoms with Crippen molar-refractivity contribution in [2.24, 2.45) is 0 Å². The van der Waals surface area contributed by atoms with Crippen LogP contribution in [0.25, 0.3) is 10.9 Å². The van der Waals surface area contributed by atoms with Crippen LogP contribution in [0.1, 0.15) is 36.5 Å². The van der Waals surface area contributed by atoms with Crippen molar-refractivity contribution >= 4 is 35.2 Å². The first-order chi connectivity index (χ1) is 12.2. The van der Waals surface area contributed by atoms with Crippen LogP contribution in [-0.4, -0.2) is 14.4 Å². The first-order valence-electron chi connectivity index (χ1n) is 8.14. The predicted octanol–water partition coefficient (Wildman–Crippen LogP) is 5.92. The lowest BCUT2D eigenvalue weighted by Gasteiger charge is -2.19. The van der Waals surface area contributed by atoms with Gasteiger partial charge in [-0.1, -0.05) is 60.1 Å². The predicted molar refractivity (Wildman–Crippen MR) is 105 cm³/mol. The molecule has 1 heterocycles. The van der Waals surface area contributed by atoms with Gasteiger partial charge < -0.3 is 14.4 Å². The normalized spacial score (nSPS) is 12.5. The molecule has 3 nitrogen and oxygen atoms in total. The number of nitrogens with zero attached hydrogens (tertiary/aromatic N) is 1. The lowest BCUT2D eigenvalue weighted by molar-refractivity contribution is 0.0724. The number of aromatic nitrogens is 1. The van der Waals surface area contributed by atoms with Gasteiger partial charge in [0.25, 0.3) is 0 Å².